The molecule has 0 radical (unpaired) electrons. The van der Waals surface area contributed by atoms with E-state index in [9.17, 15) is 4.79 Å². The number of rotatable bonds is 3. The van der Waals surface area contributed by atoms with Gasteiger partial charge in [-0.25, -0.2) is 0 Å². The van der Waals surface area contributed by atoms with Crippen molar-refractivity contribution in [3.05, 3.63) is 0 Å². The predicted octanol–water partition coefficient (Wildman–Crippen LogP) is 0.899. The molecule has 1 aliphatic heterocycles. The lowest BCUT2D eigenvalue weighted by atomic mass is 10.1. The van der Waals surface area contributed by atoms with E-state index in [-0.39, 0.29) is 18.0 Å². The molecule has 76 valence electrons. The highest BCUT2D eigenvalue weighted by atomic mass is 16.2. The highest BCUT2D eigenvalue weighted by molar-refractivity contribution is 5.82. The van der Waals surface area contributed by atoms with E-state index < -0.39 is 0 Å². The maximum atomic E-state index is 11.6. The van der Waals surface area contributed by atoms with Crippen LogP contribution in [0.1, 0.15) is 33.6 Å². The van der Waals surface area contributed by atoms with Crippen molar-refractivity contribution in [2.24, 2.45) is 5.92 Å². The first-order valence-electron chi connectivity index (χ1n) is 5.15. The Bertz CT molecular complexity index is 174. The summed E-state index contributed by atoms with van der Waals surface area (Å²) in [7, 11) is 0. The third kappa shape index (κ3) is 2.99. The van der Waals surface area contributed by atoms with Gasteiger partial charge in [0.2, 0.25) is 5.91 Å². The molecule has 2 atom stereocenters. The lowest BCUT2D eigenvalue weighted by Crippen LogP contribution is -2.45. The zero-order valence-corrected chi connectivity index (χ0v) is 8.76. The summed E-state index contributed by atoms with van der Waals surface area (Å²) in [5, 5.41) is 6.21. The minimum Gasteiger partial charge on any atom is -0.352 e. The maximum absolute atomic E-state index is 11.6. The molecule has 1 rings (SSSR count). The predicted molar refractivity (Wildman–Crippen MR) is 53.5 cm³/mol. The van der Waals surface area contributed by atoms with Gasteiger partial charge in [-0.3, -0.25) is 4.79 Å². The van der Waals surface area contributed by atoms with E-state index in [2.05, 4.69) is 31.4 Å². The highest BCUT2D eigenvalue weighted by Gasteiger charge is 2.23. The molecule has 1 fully saturated rings. The molecule has 1 saturated heterocycles. The van der Waals surface area contributed by atoms with E-state index in [1.807, 2.05) is 0 Å². The van der Waals surface area contributed by atoms with Crippen LogP contribution in [0.5, 0.6) is 0 Å². The smallest absolute Gasteiger partial charge is 0.237 e. The maximum Gasteiger partial charge on any atom is 0.237 e. The SMILES string of the molecule is CC(C)C(C)NC(=O)[C@H]1CCCN1. The van der Waals surface area contributed by atoms with Crippen LogP contribution in [0.25, 0.3) is 0 Å². The summed E-state index contributed by atoms with van der Waals surface area (Å²) in [5.74, 6) is 0.670. The van der Waals surface area contributed by atoms with Crippen molar-refractivity contribution >= 4 is 5.91 Å². The van der Waals surface area contributed by atoms with Crippen molar-refractivity contribution in [1.29, 1.82) is 0 Å². The van der Waals surface area contributed by atoms with E-state index in [1.54, 1.807) is 0 Å². The van der Waals surface area contributed by atoms with Gasteiger partial charge in [-0.1, -0.05) is 13.8 Å². The van der Waals surface area contributed by atoms with Crippen molar-refractivity contribution in [3.63, 3.8) is 0 Å². The van der Waals surface area contributed by atoms with E-state index in [1.165, 1.54) is 0 Å². The minimum atomic E-state index is 0.0567. The summed E-state index contributed by atoms with van der Waals surface area (Å²) in [4.78, 5) is 11.6. The van der Waals surface area contributed by atoms with Crippen molar-refractivity contribution < 1.29 is 4.79 Å². The molecule has 1 heterocycles. The summed E-state index contributed by atoms with van der Waals surface area (Å²) in [5.41, 5.74) is 0. The van der Waals surface area contributed by atoms with Crippen LogP contribution in [-0.4, -0.2) is 24.5 Å². The minimum absolute atomic E-state index is 0.0567. The topological polar surface area (TPSA) is 41.1 Å². The summed E-state index contributed by atoms with van der Waals surface area (Å²) in [6.07, 6.45) is 2.10. The number of carbonyl (C=O) groups excluding carboxylic acids is 1. The molecule has 1 aliphatic rings. The number of amides is 1. The van der Waals surface area contributed by atoms with Gasteiger partial charge in [-0.15, -0.1) is 0 Å². The Hall–Kier alpha value is -0.570. The lowest BCUT2D eigenvalue weighted by Gasteiger charge is -2.19. The largest absolute Gasteiger partial charge is 0.352 e. The molecule has 0 bridgehead atoms. The molecule has 2 N–H and O–H groups in total. The number of hydrogen-bond donors (Lipinski definition) is 2. The van der Waals surface area contributed by atoms with Crippen molar-refractivity contribution in [1.82, 2.24) is 10.6 Å². The average Bonchev–Trinajstić information content (AvgIpc) is 2.55. The Balaban J connectivity index is 2.31. The fourth-order valence-electron chi connectivity index (χ4n) is 1.40. The summed E-state index contributed by atoms with van der Waals surface area (Å²) in [6.45, 7) is 7.27. The van der Waals surface area contributed by atoms with Crippen LogP contribution in [0, 0.1) is 5.92 Å². The Labute approximate surface area is 80.3 Å². The number of hydrogen-bond acceptors (Lipinski definition) is 2. The van der Waals surface area contributed by atoms with Gasteiger partial charge < -0.3 is 10.6 Å². The van der Waals surface area contributed by atoms with Gasteiger partial charge in [0.1, 0.15) is 0 Å². The molecular weight excluding hydrogens is 164 g/mol. The molecule has 0 aromatic carbocycles. The monoisotopic (exact) mass is 184 g/mol. The molecule has 0 saturated carbocycles. The molecule has 0 spiro atoms. The average molecular weight is 184 g/mol. The molecule has 0 aromatic heterocycles. The van der Waals surface area contributed by atoms with E-state index in [0.717, 1.165) is 19.4 Å². The second kappa shape index (κ2) is 4.61. The number of nitrogens with one attached hydrogen (secondary N) is 2. The van der Waals surface area contributed by atoms with Crippen LogP contribution in [0.3, 0.4) is 0 Å². The normalized spacial score (nSPS) is 24.8. The first-order valence-corrected chi connectivity index (χ1v) is 5.15. The van der Waals surface area contributed by atoms with E-state index >= 15 is 0 Å². The first kappa shape index (κ1) is 10.5. The Morgan fingerprint density at radius 2 is 2.15 bits per heavy atom. The van der Waals surface area contributed by atoms with Crippen LogP contribution in [0.4, 0.5) is 0 Å². The standard InChI is InChI=1S/C10H20N2O/c1-7(2)8(3)12-10(13)9-5-4-6-11-9/h7-9,11H,4-6H2,1-3H3,(H,12,13)/t8?,9-/m1/s1. The number of carbonyl (C=O) groups is 1. The summed E-state index contributed by atoms with van der Waals surface area (Å²) >= 11 is 0. The van der Waals surface area contributed by atoms with Gasteiger partial charge in [-0.05, 0) is 32.2 Å². The van der Waals surface area contributed by atoms with Crippen LogP contribution in [0.2, 0.25) is 0 Å². The van der Waals surface area contributed by atoms with Crippen molar-refractivity contribution in [2.45, 2.75) is 45.7 Å². The fourth-order valence-corrected chi connectivity index (χ4v) is 1.40. The zero-order chi connectivity index (χ0) is 9.84. The Kier molecular flexibility index (Phi) is 3.72. The summed E-state index contributed by atoms with van der Waals surface area (Å²) < 4.78 is 0. The van der Waals surface area contributed by atoms with Crippen LogP contribution in [0.15, 0.2) is 0 Å². The Morgan fingerprint density at radius 3 is 2.62 bits per heavy atom. The summed E-state index contributed by atoms with van der Waals surface area (Å²) in [6, 6.07) is 0.330. The fraction of sp³-hybridized carbons (Fsp3) is 0.900. The van der Waals surface area contributed by atoms with Crippen LogP contribution in [-0.2, 0) is 4.79 Å². The van der Waals surface area contributed by atoms with Gasteiger partial charge in [0.15, 0.2) is 0 Å². The van der Waals surface area contributed by atoms with Gasteiger partial charge in [-0.2, -0.15) is 0 Å². The van der Waals surface area contributed by atoms with Gasteiger partial charge in [0.05, 0.1) is 6.04 Å². The third-order valence-corrected chi connectivity index (χ3v) is 2.75. The highest BCUT2D eigenvalue weighted by Crippen LogP contribution is 2.06. The molecule has 1 unspecified atom stereocenters. The molecule has 0 aliphatic carbocycles. The van der Waals surface area contributed by atoms with Crippen molar-refractivity contribution in [3.8, 4) is 0 Å². The van der Waals surface area contributed by atoms with Gasteiger partial charge in [0.25, 0.3) is 0 Å². The van der Waals surface area contributed by atoms with Gasteiger partial charge in [0, 0.05) is 6.04 Å². The van der Waals surface area contributed by atoms with Crippen molar-refractivity contribution in [2.75, 3.05) is 6.54 Å². The second-order valence-corrected chi connectivity index (χ2v) is 4.19. The molecule has 1 amide bonds. The van der Waals surface area contributed by atoms with E-state index in [0.29, 0.717) is 5.92 Å². The van der Waals surface area contributed by atoms with Crippen LogP contribution >= 0.6 is 0 Å². The molecule has 3 nitrogen and oxygen atoms in total. The Morgan fingerprint density at radius 1 is 1.46 bits per heavy atom. The molecule has 3 heteroatoms. The quantitative estimate of drug-likeness (QED) is 0.684. The second-order valence-electron chi connectivity index (χ2n) is 4.19. The third-order valence-electron chi connectivity index (χ3n) is 2.75. The first-order chi connectivity index (χ1) is 6.11. The van der Waals surface area contributed by atoms with E-state index in [4.69, 9.17) is 0 Å². The van der Waals surface area contributed by atoms with Gasteiger partial charge >= 0.3 is 0 Å². The molecule has 0 aromatic rings. The molecule has 13 heavy (non-hydrogen) atoms. The zero-order valence-electron chi connectivity index (χ0n) is 8.76. The molecular formula is C10H20N2O. The lowest BCUT2D eigenvalue weighted by molar-refractivity contribution is -0.123. The van der Waals surface area contributed by atoms with Crippen LogP contribution < -0.4 is 10.6 Å².